The van der Waals surface area contributed by atoms with Crippen LogP contribution in [0.1, 0.15) is 63.0 Å². The molecule has 0 saturated heterocycles. The van der Waals surface area contributed by atoms with Crippen molar-refractivity contribution in [1.29, 1.82) is 0 Å². The summed E-state index contributed by atoms with van der Waals surface area (Å²) in [5, 5.41) is 21.2. The van der Waals surface area contributed by atoms with Crippen LogP contribution in [0.5, 0.6) is 0 Å². The van der Waals surface area contributed by atoms with Gasteiger partial charge in [0.1, 0.15) is 6.29 Å². The van der Waals surface area contributed by atoms with Crippen molar-refractivity contribution in [2.75, 3.05) is 5.73 Å². The molecule has 43 heavy (non-hydrogen) atoms. The lowest BCUT2D eigenvalue weighted by Gasteiger charge is -2.18. The monoisotopic (exact) mass is 640 g/mol. The second kappa shape index (κ2) is 14.8. The van der Waals surface area contributed by atoms with Crippen LogP contribution in [0, 0.1) is 10.8 Å². The minimum atomic E-state index is -1.57. The number of nitrogens with zero attached hydrogens (tertiary/aromatic N) is 1. The predicted octanol–water partition coefficient (Wildman–Crippen LogP) is 7.78. The highest BCUT2D eigenvalue weighted by Gasteiger charge is 2.14. The Kier molecular flexibility index (Phi) is 11.7. The number of aldehydes is 1. The molecule has 0 radical (unpaired) electrons. The topological polar surface area (TPSA) is 96.4 Å². The molecule has 1 heterocycles. The van der Waals surface area contributed by atoms with E-state index in [0.29, 0.717) is 22.7 Å². The lowest BCUT2D eigenvalue weighted by Crippen LogP contribution is -2.32. The van der Waals surface area contributed by atoms with Gasteiger partial charge in [-0.15, -0.1) is 0 Å². The molecule has 1 aromatic heterocycles. The maximum Gasteiger partial charge on any atom is 0.489 e. The fourth-order valence-corrected chi connectivity index (χ4v) is 5.20. The maximum absolute atomic E-state index is 10.3. The number of pyridine rings is 1. The number of hydrogen-bond acceptors (Lipinski definition) is 5. The lowest BCUT2D eigenvalue weighted by molar-refractivity contribution is 0.112. The third-order valence-corrected chi connectivity index (χ3v) is 7.28. The van der Waals surface area contributed by atoms with Gasteiger partial charge in [0.15, 0.2) is 0 Å². The summed E-state index contributed by atoms with van der Waals surface area (Å²) in [6, 6.07) is 27.6. The highest BCUT2D eigenvalue weighted by atomic mass is 79.9. The van der Waals surface area contributed by atoms with Gasteiger partial charge in [-0.1, -0.05) is 102 Å². The number of nitrogen functional groups attached to an aromatic ring is 1. The second-order valence-electron chi connectivity index (χ2n) is 13.1. The first-order chi connectivity index (χ1) is 20.2. The molecule has 5 nitrogen and oxygen atoms in total. The molecule has 5 rings (SSSR count). The molecular formula is C36H42BBrN2O3. The van der Waals surface area contributed by atoms with E-state index in [9.17, 15) is 4.79 Å². The van der Waals surface area contributed by atoms with E-state index in [1.165, 1.54) is 39.4 Å². The molecule has 5 aromatic rings. The normalized spacial score (nSPS) is 11.3. The van der Waals surface area contributed by atoms with Crippen LogP contribution in [0.2, 0.25) is 0 Å². The van der Waals surface area contributed by atoms with Crippen LogP contribution in [-0.2, 0) is 12.8 Å². The SMILES string of the molecule is CC(C)(C)Cc1ccc(N)c(Br)c1.CC(C)(C)Cc1ccc2ncc3ccccc3c2c1.O=Cc1ccccc1B(O)O. The molecule has 7 heteroatoms. The van der Waals surface area contributed by atoms with Gasteiger partial charge in [-0.3, -0.25) is 9.78 Å². The Morgan fingerprint density at radius 3 is 1.95 bits per heavy atom. The van der Waals surface area contributed by atoms with Gasteiger partial charge in [-0.05, 0) is 85.8 Å². The zero-order valence-corrected chi connectivity index (χ0v) is 27.5. The van der Waals surface area contributed by atoms with E-state index < -0.39 is 7.12 Å². The Balaban J connectivity index is 0.000000186. The van der Waals surface area contributed by atoms with Crippen molar-refractivity contribution in [2.24, 2.45) is 10.8 Å². The highest BCUT2D eigenvalue weighted by molar-refractivity contribution is 9.10. The molecule has 4 aromatic carbocycles. The smallest absolute Gasteiger partial charge is 0.423 e. The maximum atomic E-state index is 10.3. The van der Waals surface area contributed by atoms with Crippen LogP contribution < -0.4 is 11.2 Å². The first kappa shape index (κ1) is 34.0. The first-order valence-electron chi connectivity index (χ1n) is 14.4. The highest BCUT2D eigenvalue weighted by Crippen LogP contribution is 2.28. The number of fused-ring (bicyclic) bond motifs is 3. The summed E-state index contributed by atoms with van der Waals surface area (Å²) in [5.74, 6) is 0. The van der Waals surface area contributed by atoms with Crippen molar-refractivity contribution in [3.05, 3.63) is 112 Å². The molecule has 0 bridgehead atoms. The Hall–Kier alpha value is -3.52. The third kappa shape index (κ3) is 10.6. The number of halogens is 1. The molecule has 0 atom stereocenters. The molecule has 0 saturated carbocycles. The van der Waals surface area contributed by atoms with Crippen molar-refractivity contribution in [3.8, 4) is 0 Å². The number of anilines is 1. The number of carbonyl (C=O) groups is 1. The van der Waals surface area contributed by atoms with Crippen LogP contribution in [0.25, 0.3) is 21.7 Å². The van der Waals surface area contributed by atoms with Gasteiger partial charge in [0.05, 0.1) is 5.52 Å². The van der Waals surface area contributed by atoms with Gasteiger partial charge >= 0.3 is 7.12 Å². The Morgan fingerprint density at radius 1 is 0.791 bits per heavy atom. The van der Waals surface area contributed by atoms with Crippen molar-refractivity contribution in [1.82, 2.24) is 4.98 Å². The summed E-state index contributed by atoms with van der Waals surface area (Å²) in [6.45, 7) is 13.5. The first-order valence-corrected chi connectivity index (χ1v) is 15.2. The molecule has 0 aliphatic carbocycles. The van der Waals surface area contributed by atoms with E-state index in [0.717, 1.165) is 28.5 Å². The second-order valence-corrected chi connectivity index (χ2v) is 14.0. The molecular weight excluding hydrogens is 599 g/mol. The summed E-state index contributed by atoms with van der Waals surface area (Å²) >= 11 is 3.43. The lowest BCUT2D eigenvalue weighted by atomic mass is 9.77. The number of hydrogen-bond donors (Lipinski definition) is 3. The Morgan fingerprint density at radius 2 is 1.37 bits per heavy atom. The number of benzene rings is 4. The Bertz CT molecular complexity index is 1670. The summed E-state index contributed by atoms with van der Waals surface area (Å²) in [4.78, 5) is 14.9. The molecule has 0 unspecified atom stereocenters. The third-order valence-electron chi connectivity index (χ3n) is 6.59. The summed E-state index contributed by atoms with van der Waals surface area (Å²) < 4.78 is 0.995. The molecule has 0 amide bonds. The number of nitrogens with two attached hydrogens (primary N) is 1. The van der Waals surface area contributed by atoms with E-state index in [4.69, 9.17) is 15.8 Å². The quantitative estimate of drug-likeness (QED) is 0.0807. The average Bonchev–Trinajstić information content (AvgIpc) is 2.94. The molecule has 224 valence electrons. The average molecular weight is 641 g/mol. The fraction of sp³-hybridized carbons (Fsp3) is 0.278. The van der Waals surface area contributed by atoms with Gasteiger partial charge in [0.2, 0.25) is 0 Å². The molecule has 0 fully saturated rings. The molecule has 0 spiro atoms. The Labute approximate surface area is 264 Å². The summed E-state index contributed by atoms with van der Waals surface area (Å²) in [6.07, 6.45) is 4.72. The largest absolute Gasteiger partial charge is 0.489 e. The van der Waals surface area contributed by atoms with Crippen molar-refractivity contribution >= 4 is 62.2 Å². The fourth-order valence-electron chi connectivity index (χ4n) is 4.77. The van der Waals surface area contributed by atoms with Crippen molar-refractivity contribution in [2.45, 2.75) is 54.4 Å². The zero-order valence-electron chi connectivity index (χ0n) is 25.9. The van der Waals surface area contributed by atoms with Crippen LogP contribution in [-0.4, -0.2) is 28.4 Å². The van der Waals surface area contributed by atoms with Crippen molar-refractivity contribution in [3.63, 3.8) is 0 Å². The van der Waals surface area contributed by atoms with Crippen molar-refractivity contribution < 1.29 is 14.8 Å². The van der Waals surface area contributed by atoms with Gasteiger partial charge in [0, 0.05) is 32.7 Å². The molecule has 0 aliphatic heterocycles. The van der Waals surface area contributed by atoms with Crippen LogP contribution in [0.15, 0.2) is 95.6 Å². The van der Waals surface area contributed by atoms with Gasteiger partial charge < -0.3 is 15.8 Å². The summed E-state index contributed by atoms with van der Waals surface area (Å²) in [5.41, 5.74) is 11.5. The van der Waals surface area contributed by atoms with E-state index in [1.807, 2.05) is 12.3 Å². The van der Waals surface area contributed by atoms with Gasteiger partial charge in [-0.2, -0.15) is 0 Å². The predicted molar refractivity (Wildman–Crippen MR) is 186 cm³/mol. The minimum absolute atomic E-state index is 0.238. The van der Waals surface area contributed by atoms with Crippen LogP contribution in [0.4, 0.5) is 5.69 Å². The van der Waals surface area contributed by atoms with Crippen LogP contribution in [0.3, 0.4) is 0 Å². The standard InChI is InChI=1S/C18H19N.C11H16BrN.C7H7BO3/c1-18(2,3)11-13-8-9-17-16(10-13)15-7-5-4-6-14(15)12-19-17;1-11(2,3)7-8-4-5-10(13)9(12)6-8;9-5-6-3-1-2-4-7(6)8(10)11/h4-10,12H,11H2,1-3H3;4-6H,7,13H2,1-3H3;1-5,10-11H. The van der Waals surface area contributed by atoms with E-state index in [2.05, 4.69) is 117 Å². The van der Waals surface area contributed by atoms with Crippen LogP contribution >= 0.6 is 15.9 Å². The van der Waals surface area contributed by atoms with E-state index >= 15 is 0 Å². The number of aromatic nitrogens is 1. The zero-order chi connectivity index (χ0) is 31.8. The van der Waals surface area contributed by atoms with E-state index in [-0.39, 0.29) is 5.46 Å². The molecule has 0 aliphatic rings. The summed E-state index contributed by atoms with van der Waals surface area (Å²) in [7, 11) is -1.57. The van der Waals surface area contributed by atoms with E-state index in [1.54, 1.807) is 12.1 Å². The minimum Gasteiger partial charge on any atom is -0.423 e. The van der Waals surface area contributed by atoms with Gasteiger partial charge in [-0.25, -0.2) is 0 Å². The molecule has 4 N–H and O–H groups in total. The number of rotatable bonds is 4. The number of carbonyl (C=O) groups excluding carboxylic acids is 1. The van der Waals surface area contributed by atoms with Gasteiger partial charge in [0.25, 0.3) is 0 Å².